The van der Waals surface area contributed by atoms with Crippen molar-refractivity contribution in [3.05, 3.63) is 53.1 Å². The van der Waals surface area contributed by atoms with E-state index in [0.717, 1.165) is 49.6 Å². The van der Waals surface area contributed by atoms with E-state index < -0.39 is 0 Å². The topological polar surface area (TPSA) is 47.0 Å². The van der Waals surface area contributed by atoms with Crippen molar-refractivity contribution in [1.82, 2.24) is 15.3 Å². The summed E-state index contributed by atoms with van der Waals surface area (Å²) >= 11 is 0. The summed E-state index contributed by atoms with van der Waals surface area (Å²) in [6.45, 7) is 4.48. The van der Waals surface area contributed by atoms with E-state index in [2.05, 4.69) is 17.2 Å². The van der Waals surface area contributed by atoms with E-state index in [-0.39, 0.29) is 0 Å². The molecule has 0 spiro atoms. The molecule has 21 heavy (non-hydrogen) atoms. The molecule has 2 aromatic rings. The maximum atomic E-state index is 5.77. The quantitative estimate of drug-likeness (QED) is 0.916. The fourth-order valence-electron chi connectivity index (χ4n) is 2.67. The predicted octanol–water partition coefficient (Wildman–Crippen LogP) is 2.65. The SMILES string of the molecule is CCCc1nc(COc2ccccc2)nc2c1CCNC2. The molecular formula is C17H21N3O. The minimum absolute atomic E-state index is 0.425. The number of nitrogens with one attached hydrogen (secondary N) is 1. The number of ether oxygens (including phenoxy) is 1. The molecule has 0 unspecified atom stereocenters. The Morgan fingerprint density at radius 3 is 2.86 bits per heavy atom. The van der Waals surface area contributed by atoms with Gasteiger partial charge in [-0.25, -0.2) is 9.97 Å². The Labute approximate surface area is 125 Å². The Kier molecular flexibility index (Phi) is 4.46. The highest BCUT2D eigenvalue weighted by molar-refractivity contribution is 5.29. The minimum atomic E-state index is 0.425. The molecule has 0 bridgehead atoms. The van der Waals surface area contributed by atoms with Crippen molar-refractivity contribution in [2.45, 2.75) is 39.3 Å². The third kappa shape index (κ3) is 3.39. The fraction of sp³-hybridized carbons (Fsp3) is 0.412. The van der Waals surface area contributed by atoms with E-state index in [1.807, 2.05) is 30.3 Å². The lowest BCUT2D eigenvalue weighted by atomic mass is 10.0. The van der Waals surface area contributed by atoms with Crippen molar-refractivity contribution in [1.29, 1.82) is 0 Å². The van der Waals surface area contributed by atoms with E-state index in [1.165, 1.54) is 11.3 Å². The molecule has 0 aliphatic carbocycles. The average molecular weight is 283 g/mol. The van der Waals surface area contributed by atoms with E-state index in [1.54, 1.807) is 0 Å². The molecular weight excluding hydrogens is 262 g/mol. The van der Waals surface area contributed by atoms with Crippen molar-refractivity contribution in [3.8, 4) is 5.75 Å². The van der Waals surface area contributed by atoms with Crippen LogP contribution in [0.15, 0.2) is 30.3 Å². The van der Waals surface area contributed by atoms with Crippen LogP contribution >= 0.6 is 0 Å². The number of hydrogen-bond donors (Lipinski definition) is 1. The van der Waals surface area contributed by atoms with Crippen molar-refractivity contribution >= 4 is 0 Å². The first-order chi connectivity index (χ1) is 10.4. The summed E-state index contributed by atoms with van der Waals surface area (Å²) in [6, 6.07) is 9.82. The van der Waals surface area contributed by atoms with Crippen LogP contribution in [0, 0.1) is 0 Å². The predicted molar refractivity (Wildman–Crippen MR) is 82.2 cm³/mol. The lowest BCUT2D eigenvalue weighted by Crippen LogP contribution is -2.27. The molecule has 2 heterocycles. The lowest BCUT2D eigenvalue weighted by Gasteiger charge is -2.20. The van der Waals surface area contributed by atoms with Crippen LogP contribution in [0.3, 0.4) is 0 Å². The molecule has 1 aliphatic rings. The molecule has 1 aliphatic heterocycles. The minimum Gasteiger partial charge on any atom is -0.486 e. The first kappa shape index (κ1) is 14.0. The molecule has 1 N–H and O–H groups in total. The molecule has 0 radical (unpaired) electrons. The first-order valence-electron chi connectivity index (χ1n) is 7.63. The number of nitrogens with zero attached hydrogens (tertiary/aromatic N) is 2. The number of para-hydroxylation sites is 1. The zero-order chi connectivity index (χ0) is 14.5. The molecule has 3 rings (SSSR count). The van der Waals surface area contributed by atoms with Gasteiger partial charge >= 0.3 is 0 Å². The van der Waals surface area contributed by atoms with E-state index in [4.69, 9.17) is 9.72 Å². The van der Waals surface area contributed by atoms with Crippen LogP contribution in [-0.4, -0.2) is 16.5 Å². The zero-order valence-corrected chi connectivity index (χ0v) is 12.4. The van der Waals surface area contributed by atoms with Crippen LogP contribution in [0.25, 0.3) is 0 Å². The largest absolute Gasteiger partial charge is 0.486 e. The van der Waals surface area contributed by atoms with Gasteiger partial charge < -0.3 is 10.1 Å². The Balaban J connectivity index is 1.80. The first-order valence-corrected chi connectivity index (χ1v) is 7.63. The zero-order valence-electron chi connectivity index (χ0n) is 12.4. The van der Waals surface area contributed by atoms with Crippen LogP contribution in [0.4, 0.5) is 0 Å². The Morgan fingerprint density at radius 1 is 1.19 bits per heavy atom. The van der Waals surface area contributed by atoms with Crippen LogP contribution in [0.5, 0.6) is 5.75 Å². The highest BCUT2D eigenvalue weighted by atomic mass is 16.5. The van der Waals surface area contributed by atoms with Gasteiger partial charge in [0.05, 0.1) is 5.69 Å². The van der Waals surface area contributed by atoms with Crippen molar-refractivity contribution in [3.63, 3.8) is 0 Å². The summed E-state index contributed by atoms with van der Waals surface area (Å²) < 4.78 is 5.77. The van der Waals surface area contributed by atoms with Gasteiger partial charge in [-0.2, -0.15) is 0 Å². The molecule has 4 heteroatoms. The molecule has 4 nitrogen and oxygen atoms in total. The number of fused-ring (bicyclic) bond motifs is 1. The number of hydrogen-bond acceptors (Lipinski definition) is 4. The summed E-state index contributed by atoms with van der Waals surface area (Å²) in [5.74, 6) is 1.64. The van der Waals surface area contributed by atoms with Crippen LogP contribution in [0.2, 0.25) is 0 Å². The van der Waals surface area contributed by atoms with Crippen LogP contribution in [0.1, 0.15) is 36.1 Å². The van der Waals surface area contributed by atoms with Gasteiger partial charge in [0.1, 0.15) is 12.4 Å². The molecule has 110 valence electrons. The van der Waals surface area contributed by atoms with Gasteiger partial charge in [-0.15, -0.1) is 0 Å². The molecule has 1 aromatic heterocycles. The summed E-state index contributed by atoms with van der Waals surface area (Å²) in [4.78, 5) is 9.40. The second kappa shape index (κ2) is 6.68. The van der Waals surface area contributed by atoms with E-state index in [0.29, 0.717) is 6.61 Å². The average Bonchev–Trinajstić information content (AvgIpc) is 2.54. The molecule has 1 aromatic carbocycles. The Bertz CT molecular complexity index is 598. The monoisotopic (exact) mass is 283 g/mol. The molecule has 0 saturated heterocycles. The van der Waals surface area contributed by atoms with Gasteiger partial charge in [-0.05, 0) is 37.1 Å². The highest BCUT2D eigenvalue weighted by Gasteiger charge is 2.17. The molecule has 0 saturated carbocycles. The number of aromatic nitrogens is 2. The normalized spacial score (nSPS) is 13.8. The number of rotatable bonds is 5. The van der Waals surface area contributed by atoms with Crippen LogP contribution in [-0.2, 0) is 26.0 Å². The highest BCUT2D eigenvalue weighted by Crippen LogP contribution is 2.18. The van der Waals surface area contributed by atoms with Crippen LogP contribution < -0.4 is 10.1 Å². The second-order valence-electron chi connectivity index (χ2n) is 5.29. The van der Waals surface area contributed by atoms with Gasteiger partial charge in [0, 0.05) is 12.2 Å². The lowest BCUT2D eigenvalue weighted by molar-refractivity contribution is 0.294. The number of benzene rings is 1. The summed E-state index contributed by atoms with van der Waals surface area (Å²) in [5.41, 5.74) is 3.70. The van der Waals surface area contributed by atoms with Gasteiger partial charge in [0.2, 0.25) is 0 Å². The fourth-order valence-corrected chi connectivity index (χ4v) is 2.67. The molecule has 0 amide bonds. The summed E-state index contributed by atoms with van der Waals surface area (Å²) in [7, 11) is 0. The molecule has 0 atom stereocenters. The standard InChI is InChI=1S/C17H21N3O/c1-2-6-15-14-9-10-18-11-16(14)20-17(19-15)12-21-13-7-4-3-5-8-13/h3-5,7-8,18H,2,6,9-12H2,1H3. The maximum Gasteiger partial charge on any atom is 0.166 e. The smallest absolute Gasteiger partial charge is 0.166 e. The van der Waals surface area contributed by atoms with Crippen molar-refractivity contribution in [2.75, 3.05) is 6.54 Å². The van der Waals surface area contributed by atoms with E-state index in [9.17, 15) is 0 Å². The van der Waals surface area contributed by atoms with Gasteiger partial charge in [0.25, 0.3) is 0 Å². The summed E-state index contributed by atoms with van der Waals surface area (Å²) in [6.07, 6.45) is 3.16. The third-order valence-corrected chi connectivity index (χ3v) is 3.67. The van der Waals surface area contributed by atoms with Crippen molar-refractivity contribution in [2.24, 2.45) is 0 Å². The number of aryl methyl sites for hydroxylation is 1. The Hall–Kier alpha value is -1.94. The second-order valence-corrected chi connectivity index (χ2v) is 5.29. The van der Waals surface area contributed by atoms with Gasteiger partial charge in [-0.1, -0.05) is 31.5 Å². The summed E-state index contributed by atoms with van der Waals surface area (Å²) in [5, 5.41) is 3.38. The third-order valence-electron chi connectivity index (χ3n) is 3.67. The van der Waals surface area contributed by atoms with Crippen molar-refractivity contribution < 1.29 is 4.74 Å². The maximum absolute atomic E-state index is 5.77. The Morgan fingerprint density at radius 2 is 2.05 bits per heavy atom. The molecule has 0 fully saturated rings. The van der Waals surface area contributed by atoms with Gasteiger partial charge in [0.15, 0.2) is 5.82 Å². The van der Waals surface area contributed by atoms with Gasteiger partial charge in [-0.3, -0.25) is 0 Å². The van der Waals surface area contributed by atoms with E-state index >= 15 is 0 Å².